The van der Waals surface area contributed by atoms with Crippen molar-refractivity contribution in [3.63, 3.8) is 0 Å². The molecule has 0 aromatic heterocycles. The normalized spacial score (nSPS) is 36.3. The van der Waals surface area contributed by atoms with Gasteiger partial charge in [0.2, 0.25) is 0 Å². The maximum absolute atomic E-state index is 12.6. The van der Waals surface area contributed by atoms with E-state index in [0.29, 0.717) is 13.3 Å². The number of ether oxygens (including phenoxy) is 1. The molecular weight excluding hydrogens is 249 g/mol. The van der Waals surface area contributed by atoms with E-state index in [1.54, 1.807) is 13.8 Å². The molecule has 0 spiro atoms. The summed E-state index contributed by atoms with van der Waals surface area (Å²) in [7, 11) is 0. The van der Waals surface area contributed by atoms with Crippen LogP contribution < -0.4 is 0 Å². The largest absolute Gasteiger partial charge is 0.459 e. The topological polar surface area (TPSA) is 46.5 Å². The number of aliphatic hydroxyl groups is 1. The second kappa shape index (κ2) is 4.11. The number of rotatable bonds is 3. The van der Waals surface area contributed by atoms with Crippen molar-refractivity contribution in [2.24, 2.45) is 5.41 Å². The number of hydrogen-bond acceptors (Lipinski definition) is 3. The number of esters is 1. The van der Waals surface area contributed by atoms with Crippen molar-refractivity contribution in [3.8, 4) is 0 Å². The van der Waals surface area contributed by atoms with E-state index in [9.17, 15) is 23.1 Å². The van der Waals surface area contributed by atoms with Crippen molar-refractivity contribution < 1.29 is 27.8 Å². The first-order chi connectivity index (χ1) is 7.85. The molecule has 3 unspecified atom stereocenters. The molecule has 3 nitrogen and oxygen atoms in total. The number of carbonyl (C=O) groups is 1. The van der Waals surface area contributed by atoms with Gasteiger partial charge in [-0.1, -0.05) is 6.92 Å². The lowest BCUT2D eigenvalue weighted by atomic mass is 9.77. The Morgan fingerprint density at radius 3 is 2.22 bits per heavy atom. The minimum absolute atomic E-state index is 0.182. The van der Waals surface area contributed by atoms with Crippen LogP contribution >= 0.6 is 0 Å². The number of alkyl halides is 3. The molecule has 1 saturated heterocycles. The van der Waals surface area contributed by atoms with Crippen LogP contribution in [0.4, 0.5) is 13.2 Å². The number of cyclic esters (lactones) is 1. The summed E-state index contributed by atoms with van der Waals surface area (Å²) in [6, 6.07) is 0. The van der Waals surface area contributed by atoms with Gasteiger partial charge in [-0.3, -0.25) is 4.79 Å². The van der Waals surface area contributed by atoms with E-state index in [0.717, 1.165) is 0 Å². The third kappa shape index (κ3) is 2.63. The van der Waals surface area contributed by atoms with Crippen molar-refractivity contribution in [1.29, 1.82) is 0 Å². The Morgan fingerprint density at radius 2 is 1.89 bits per heavy atom. The summed E-state index contributed by atoms with van der Waals surface area (Å²) in [5, 5.41) is 9.49. The monoisotopic (exact) mass is 268 g/mol. The minimum Gasteiger partial charge on any atom is -0.459 e. The summed E-state index contributed by atoms with van der Waals surface area (Å²) >= 11 is 0. The van der Waals surface area contributed by atoms with Crippen molar-refractivity contribution in [2.75, 3.05) is 0 Å². The van der Waals surface area contributed by atoms with Crippen LogP contribution in [0.3, 0.4) is 0 Å². The van der Waals surface area contributed by atoms with Gasteiger partial charge in [0.1, 0.15) is 5.60 Å². The zero-order valence-electron chi connectivity index (χ0n) is 11.0. The number of carbonyl (C=O) groups excluding carboxylic acids is 1. The van der Waals surface area contributed by atoms with Crippen LogP contribution in [0.25, 0.3) is 0 Å². The Morgan fingerprint density at radius 1 is 1.39 bits per heavy atom. The van der Waals surface area contributed by atoms with Gasteiger partial charge in [-0.25, -0.2) is 0 Å². The van der Waals surface area contributed by atoms with E-state index in [1.807, 2.05) is 0 Å². The highest BCUT2D eigenvalue weighted by atomic mass is 19.4. The predicted octanol–water partition coefficient (Wildman–Crippen LogP) is 2.81. The maximum Gasteiger partial charge on any atom is 0.417 e. The van der Waals surface area contributed by atoms with Crippen LogP contribution in [0.1, 0.15) is 47.0 Å². The Bertz CT molecular complexity index is 351. The molecule has 0 amide bonds. The molecule has 1 N–H and O–H groups in total. The second-order valence-corrected chi connectivity index (χ2v) is 5.88. The molecule has 1 aliphatic heterocycles. The van der Waals surface area contributed by atoms with Crippen molar-refractivity contribution >= 4 is 5.97 Å². The summed E-state index contributed by atoms with van der Waals surface area (Å²) in [6.07, 6.45) is -4.71. The van der Waals surface area contributed by atoms with Gasteiger partial charge in [0.25, 0.3) is 0 Å². The molecule has 0 saturated carbocycles. The summed E-state index contributed by atoms with van der Waals surface area (Å²) in [5.41, 5.74) is -4.90. The van der Waals surface area contributed by atoms with Crippen LogP contribution in [0.15, 0.2) is 0 Å². The van der Waals surface area contributed by atoms with E-state index in [4.69, 9.17) is 4.74 Å². The van der Waals surface area contributed by atoms with Gasteiger partial charge < -0.3 is 9.84 Å². The van der Waals surface area contributed by atoms with Crippen molar-refractivity contribution in [1.82, 2.24) is 0 Å². The lowest BCUT2D eigenvalue weighted by molar-refractivity contribution is -0.266. The molecule has 3 atom stereocenters. The molecule has 0 aromatic rings. The SMILES string of the molecule is CCC1(C)CC(C)(CC(C)(O)C(F)(F)F)OC1=O. The molecule has 18 heavy (non-hydrogen) atoms. The second-order valence-electron chi connectivity index (χ2n) is 5.88. The van der Waals surface area contributed by atoms with Crippen LogP contribution in [-0.2, 0) is 9.53 Å². The molecule has 1 rings (SSSR count). The molecule has 106 valence electrons. The fraction of sp³-hybridized carbons (Fsp3) is 0.917. The predicted molar refractivity (Wildman–Crippen MR) is 58.8 cm³/mol. The first-order valence-electron chi connectivity index (χ1n) is 5.88. The Hall–Kier alpha value is -0.780. The lowest BCUT2D eigenvalue weighted by Crippen LogP contribution is -2.48. The minimum atomic E-state index is -4.74. The zero-order valence-corrected chi connectivity index (χ0v) is 11.0. The van der Waals surface area contributed by atoms with Gasteiger partial charge in [0, 0.05) is 12.8 Å². The highest BCUT2D eigenvalue weighted by Gasteiger charge is 2.58. The van der Waals surface area contributed by atoms with Crippen LogP contribution in [0, 0.1) is 5.41 Å². The standard InChI is InChI=1S/C12H19F3O3/c1-5-9(2)6-10(3,18-8(9)16)7-11(4,17)12(13,14)15/h17H,5-7H2,1-4H3. The molecule has 0 radical (unpaired) electrons. The fourth-order valence-electron chi connectivity index (χ4n) is 2.48. The quantitative estimate of drug-likeness (QED) is 0.801. The van der Waals surface area contributed by atoms with E-state index in [-0.39, 0.29) is 6.42 Å². The lowest BCUT2D eigenvalue weighted by Gasteiger charge is -2.34. The number of halogens is 3. The highest BCUT2D eigenvalue weighted by Crippen LogP contribution is 2.48. The first-order valence-corrected chi connectivity index (χ1v) is 5.88. The molecule has 0 bridgehead atoms. The van der Waals surface area contributed by atoms with Gasteiger partial charge >= 0.3 is 12.1 Å². The summed E-state index contributed by atoms with van der Waals surface area (Å²) in [6.45, 7) is 5.59. The Kier molecular flexibility index (Phi) is 3.49. The molecule has 1 aliphatic rings. The summed E-state index contributed by atoms with van der Waals surface area (Å²) in [5.74, 6) is -0.495. The van der Waals surface area contributed by atoms with E-state index >= 15 is 0 Å². The maximum atomic E-state index is 12.6. The summed E-state index contributed by atoms with van der Waals surface area (Å²) in [4.78, 5) is 11.7. The Labute approximate surface area is 104 Å². The van der Waals surface area contributed by atoms with Gasteiger partial charge in [0.05, 0.1) is 5.41 Å². The van der Waals surface area contributed by atoms with E-state index < -0.39 is 35.2 Å². The van der Waals surface area contributed by atoms with Gasteiger partial charge in [-0.2, -0.15) is 13.2 Å². The number of hydrogen-bond donors (Lipinski definition) is 1. The molecule has 1 fully saturated rings. The molecule has 0 aliphatic carbocycles. The van der Waals surface area contributed by atoms with Crippen LogP contribution in [0.5, 0.6) is 0 Å². The Balaban J connectivity index is 2.90. The summed E-state index contributed by atoms with van der Waals surface area (Å²) < 4.78 is 43.0. The third-order valence-corrected chi connectivity index (χ3v) is 3.71. The van der Waals surface area contributed by atoms with Crippen molar-refractivity contribution in [3.05, 3.63) is 0 Å². The zero-order chi connectivity index (χ0) is 14.4. The molecular formula is C12H19F3O3. The third-order valence-electron chi connectivity index (χ3n) is 3.71. The molecule has 6 heteroatoms. The molecule has 1 heterocycles. The van der Waals surface area contributed by atoms with E-state index in [2.05, 4.69) is 0 Å². The smallest absolute Gasteiger partial charge is 0.417 e. The van der Waals surface area contributed by atoms with E-state index in [1.165, 1.54) is 6.92 Å². The van der Waals surface area contributed by atoms with Gasteiger partial charge in [-0.05, 0) is 27.2 Å². The first kappa shape index (κ1) is 15.3. The average Bonchev–Trinajstić information content (AvgIpc) is 2.34. The van der Waals surface area contributed by atoms with Crippen LogP contribution in [0.2, 0.25) is 0 Å². The van der Waals surface area contributed by atoms with Crippen LogP contribution in [-0.4, -0.2) is 28.5 Å². The fourth-order valence-corrected chi connectivity index (χ4v) is 2.48. The molecule has 0 aromatic carbocycles. The van der Waals surface area contributed by atoms with Crippen molar-refractivity contribution in [2.45, 2.75) is 64.3 Å². The highest BCUT2D eigenvalue weighted by molar-refractivity contribution is 5.79. The van der Waals surface area contributed by atoms with Gasteiger partial charge in [-0.15, -0.1) is 0 Å². The average molecular weight is 268 g/mol. The van der Waals surface area contributed by atoms with Gasteiger partial charge in [0.15, 0.2) is 5.60 Å².